The highest BCUT2D eigenvalue weighted by Crippen LogP contribution is 2.26. The Morgan fingerprint density at radius 1 is 1.33 bits per heavy atom. The van der Waals surface area contributed by atoms with Gasteiger partial charge in [-0.1, -0.05) is 6.07 Å². The first-order chi connectivity index (χ1) is 5.88. The van der Waals surface area contributed by atoms with Gasteiger partial charge in [0.05, 0.1) is 7.11 Å². The van der Waals surface area contributed by atoms with Crippen LogP contribution in [0, 0.1) is 0 Å². The minimum absolute atomic E-state index is 0.393. The molecule has 1 fully saturated rings. The predicted octanol–water partition coefficient (Wildman–Crippen LogP) is 1.63. The molecule has 1 aliphatic carbocycles. The standard InChI is InChI=1S/C9H11NO2/c1-11-8-3-2-4-9(10-8)12-7-5-6-7/h2-4,7H,5-6H2,1H3. The average molecular weight is 165 g/mol. The first kappa shape index (κ1) is 7.40. The molecular formula is C9H11NO2. The highest BCUT2D eigenvalue weighted by molar-refractivity contribution is 5.20. The molecule has 3 nitrogen and oxygen atoms in total. The minimum atomic E-state index is 0.393. The molecule has 0 N–H and O–H groups in total. The van der Waals surface area contributed by atoms with Crippen molar-refractivity contribution >= 4 is 0 Å². The van der Waals surface area contributed by atoms with Gasteiger partial charge in [-0.2, -0.15) is 4.98 Å². The molecule has 0 aromatic carbocycles. The summed E-state index contributed by atoms with van der Waals surface area (Å²) in [5.41, 5.74) is 0. The van der Waals surface area contributed by atoms with E-state index in [-0.39, 0.29) is 0 Å². The molecule has 0 bridgehead atoms. The molecule has 1 aromatic rings. The molecule has 1 saturated carbocycles. The van der Waals surface area contributed by atoms with E-state index < -0.39 is 0 Å². The Balaban J connectivity index is 2.08. The summed E-state index contributed by atoms with van der Waals surface area (Å²) >= 11 is 0. The predicted molar refractivity (Wildman–Crippen MR) is 44.4 cm³/mol. The van der Waals surface area contributed by atoms with Gasteiger partial charge in [-0.05, 0) is 12.8 Å². The number of ether oxygens (including phenoxy) is 2. The lowest BCUT2D eigenvalue weighted by molar-refractivity contribution is 0.284. The van der Waals surface area contributed by atoms with Crippen molar-refractivity contribution in [2.24, 2.45) is 0 Å². The summed E-state index contributed by atoms with van der Waals surface area (Å²) in [5, 5.41) is 0. The van der Waals surface area contributed by atoms with Crippen molar-refractivity contribution in [1.82, 2.24) is 4.98 Å². The molecule has 0 amide bonds. The summed E-state index contributed by atoms with van der Waals surface area (Å²) in [6.07, 6.45) is 2.70. The van der Waals surface area contributed by atoms with Gasteiger partial charge in [0.1, 0.15) is 6.10 Å². The summed E-state index contributed by atoms with van der Waals surface area (Å²) in [7, 11) is 1.60. The Labute approximate surface area is 71.3 Å². The molecule has 0 atom stereocenters. The fourth-order valence-corrected chi connectivity index (χ4v) is 0.932. The van der Waals surface area contributed by atoms with Crippen molar-refractivity contribution in [3.05, 3.63) is 18.2 Å². The van der Waals surface area contributed by atoms with E-state index in [2.05, 4.69) is 4.98 Å². The van der Waals surface area contributed by atoms with Gasteiger partial charge >= 0.3 is 0 Å². The number of hydrogen-bond acceptors (Lipinski definition) is 3. The van der Waals surface area contributed by atoms with Crippen molar-refractivity contribution in [2.45, 2.75) is 18.9 Å². The zero-order valence-electron chi connectivity index (χ0n) is 6.99. The molecule has 2 rings (SSSR count). The number of rotatable bonds is 3. The van der Waals surface area contributed by atoms with Crippen molar-refractivity contribution < 1.29 is 9.47 Å². The molecule has 0 aliphatic heterocycles. The third kappa shape index (κ3) is 1.67. The lowest BCUT2D eigenvalue weighted by Crippen LogP contribution is -1.98. The number of hydrogen-bond donors (Lipinski definition) is 0. The van der Waals surface area contributed by atoms with E-state index in [0.29, 0.717) is 17.9 Å². The van der Waals surface area contributed by atoms with Gasteiger partial charge in [0.2, 0.25) is 11.8 Å². The second-order valence-corrected chi connectivity index (χ2v) is 2.84. The topological polar surface area (TPSA) is 31.4 Å². The van der Waals surface area contributed by atoms with Crippen LogP contribution >= 0.6 is 0 Å². The lowest BCUT2D eigenvalue weighted by Gasteiger charge is -2.03. The van der Waals surface area contributed by atoms with Crippen LogP contribution in [-0.2, 0) is 0 Å². The van der Waals surface area contributed by atoms with E-state index in [1.54, 1.807) is 13.2 Å². The monoisotopic (exact) mass is 165 g/mol. The lowest BCUT2D eigenvalue weighted by atomic mass is 10.5. The third-order valence-electron chi connectivity index (χ3n) is 1.72. The van der Waals surface area contributed by atoms with Crippen LogP contribution in [0.2, 0.25) is 0 Å². The highest BCUT2D eigenvalue weighted by atomic mass is 16.5. The SMILES string of the molecule is COc1cccc(OC2CC2)n1. The van der Waals surface area contributed by atoms with Crippen molar-refractivity contribution in [1.29, 1.82) is 0 Å². The van der Waals surface area contributed by atoms with E-state index in [1.807, 2.05) is 12.1 Å². The molecule has 1 heterocycles. The van der Waals surface area contributed by atoms with Gasteiger partial charge in [0, 0.05) is 12.1 Å². The van der Waals surface area contributed by atoms with E-state index in [1.165, 1.54) is 0 Å². The molecular weight excluding hydrogens is 154 g/mol. The highest BCUT2D eigenvalue weighted by Gasteiger charge is 2.23. The maximum Gasteiger partial charge on any atom is 0.216 e. The van der Waals surface area contributed by atoms with Gasteiger partial charge in [0.25, 0.3) is 0 Å². The Hall–Kier alpha value is -1.25. The zero-order valence-corrected chi connectivity index (χ0v) is 6.99. The summed E-state index contributed by atoms with van der Waals surface area (Å²) in [5.74, 6) is 1.27. The maximum atomic E-state index is 5.48. The molecule has 64 valence electrons. The van der Waals surface area contributed by atoms with Crippen LogP contribution in [-0.4, -0.2) is 18.2 Å². The fraction of sp³-hybridized carbons (Fsp3) is 0.444. The van der Waals surface area contributed by atoms with E-state index >= 15 is 0 Å². The van der Waals surface area contributed by atoms with Gasteiger partial charge in [-0.3, -0.25) is 0 Å². The molecule has 3 heteroatoms. The fourth-order valence-electron chi connectivity index (χ4n) is 0.932. The Morgan fingerprint density at radius 2 is 2.08 bits per heavy atom. The van der Waals surface area contributed by atoms with Crippen LogP contribution in [0.25, 0.3) is 0 Å². The van der Waals surface area contributed by atoms with Crippen LogP contribution in [0.3, 0.4) is 0 Å². The maximum absolute atomic E-state index is 5.48. The van der Waals surface area contributed by atoms with Gasteiger partial charge in [-0.15, -0.1) is 0 Å². The van der Waals surface area contributed by atoms with Crippen molar-refractivity contribution in [3.63, 3.8) is 0 Å². The smallest absolute Gasteiger partial charge is 0.216 e. The summed E-state index contributed by atoms with van der Waals surface area (Å²) < 4.78 is 10.4. The van der Waals surface area contributed by atoms with Crippen molar-refractivity contribution in [2.75, 3.05) is 7.11 Å². The van der Waals surface area contributed by atoms with Crippen LogP contribution in [0.5, 0.6) is 11.8 Å². The second kappa shape index (κ2) is 3.01. The first-order valence-corrected chi connectivity index (χ1v) is 4.06. The average Bonchev–Trinajstić information content (AvgIpc) is 2.89. The van der Waals surface area contributed by atoms with E-state index in [4.69, 9.17) is 9.47 Å². The van der Waals surface area contributed by atoms with Gasteiger partial charge < -0.3 is 9.47 Å². The first-order valence-electron chi connectivity index (χ1n) is 4.06. The molecule has 1 aromatic heterocycles. The number of pyridine rings is 1. The quantitative estimate of drug-likeness (QED) is 0.682. The van der Waals surface area contributed by atoms with Crippen LogP contribution in [0.4, 0.5) is 0 Å². The summed E-state index contributed by atoms with van der Waals surface area (Å²) in [6.45, 7) is 0. The van der Waals surface area contributed by atoms with Crippen LogP contribution in [0.1, 0.15) is 12.8 Å². The summed E-state index contributed by atoms with van der Waals surface area (Å²) in [6, 6.07) is 5.53. The van der Waals surface area contributed by atoms with E-state index in [0.717, 1.165) is 12.8 Å². The zero-order chi connectivity index (χ0) is 8.39. The number of methoxy groups -OCH3 is 1. The molecule has 1 aliphatic rings. The van der Waals surface area contributed by atoms with Crippen LogP contribution in [0.15, 0.2) is 18.2 Å². The molecule has 12 heavy (non-hydrogen) atoms. The Kier molecular flexibility index (Phi) is 1.86. The Bertz CT molecular complexity index is 271. The summed E-state index contributed by atoms with van der Waals surface area (Å²) in [4.78, 5) is 4.13. The molecule has 0 saturated heterocycles. The molecule has 0 radical (unpaired) electrons. The number of nitrogens with zero attached hydrogens (tertiary/aromatic N) is 1. The van der Waals surface area contributed by atoms with E-state index in [9.17, 15) is 0 Å². The third-order valence-corrected chi connectivity index (χ3v) is 1.72. The molecule has 0 unspecified atom stereocenters. The normalized spacial score (nSPS) is 15.8. The van der Waals surface area contributed by atoms with Gasteiger partial charge in [-0.25, -0.2) is 0 Å². The number of aromatic nitrogens is 1. The van der Waals surface area contributed by atoms with Crippen LogP contribution < -0.4 is 9.47 Å². The Morgan fingerprint density at radius 3 is 2.75 bits per heavy atom. The second-order valence-electron chi connectivity index (χ2n) is 2.84. The minimum Gasteiger partial charge on any atom is -0.481 e. The molecule has 0 spiro atoms. The van der Waals surface area contributed by atoms with Gasteiger partial charge in [0.15, 0.2) is 0 Å². The van der Waals surface area contributed by atoms with Crippen molar-refractivity contribution in [3.8, 4) is 11.8 Å². The largest absolute Gasteiger partial charge is 0.481 e.